The molecule has 1 aliphatic rings. The van der Waals surface area contributed by atoms with Gasteiger partial charge in [-0.25, -0.2) is 0 Å². The maximum atomic E-state index is 5.62. The number of nitrogens with zero attached hydrogens (tertiary/aromatic N) is 2. The van der Waals surface area contributed by atoms with Crippen LogP contribution in [0.4, 0.5) is 0 Å². The minimum absolute atomic E-state index is 0.458. The summed E-state index contributed by atoms with van der Waals surface area (Å²) in [4.78, 5) is 5.49. The summed E-state index contributed by atoms with van der Waals surface area (Å²) in [7, 11) is 2.18. The Bertz CT molecular complexity index is 393. The van der Waals surface area contributed by atoms with Gasteiger partial charge >= 0.3 is 0 Å². The van der Waals surface area contributed by atoms with E-state index >= 15 is 0 Å². The fourth-order valence-corrected chi connectivity index (χ4v) is 2.56. The Hall–Kier alpha value is -0.970. The van der Waals surface area contributed by atoms with Gasteiger partial charge < -0.3 is 10.6 Å². The molecule has 0 aromatic heterocycles. The highest BCUT2D eigenvalue weighted by Gasteiger charge is 2.25. The Morgan fingerprint density at radius 3 is 2.72 bits per heavy atom. The summed E-state index contributed by atoms with van der Waals surface area (Å²) < 4.78 is 0. The number of benzene rings is 1. The zero-order chi connectivity index (χ0) is 13.0. The second kappa shape index (κ2) is 6.27. The molecule has 18 heavy (non-hydrogen) atoms. The zero-order valence-corrected chi connectivity index (χ0v) is 11.7. The number of likely N-dealkylation sites (N-methyl/N-ethyl adjacent to an activating group) is 1. The Morgan fingerprint density at radius 2 is 2.06 bits per heavy atom. The maximum Gasteiger partial charge on any atom is 0.0740 e. The lowest BCUT2D eigenvalue weighted by Gasteiger charge is -2.40. The monoisotopic (exact) mass is 263 g/mol. The van der Waals surface area contributed by atoms with Crippen molar-refractivity contribution in [3.8, 4) is 0 Å². The van der Waals surface area contributed by atoms with Crippen molar-refractivity contribution in [1.29, 1.82) is 0 Å². The van der Waals surface area contributed by atoms with Gasteiger partial charge in [0.05, 0.1) is 4.99 Å². The van der Waals surface area contributed by atoms with E-state index in [1.54, 1.807) is 0 Å². The Balaban J connectivity index is 2.08. The van der Waals surface area contributed by atoms with Crippen molar-refractivity contribution >= 4 is 17.2 Å². The summed E-state index contributed by atoms with van der Waals surface area (Å²) in [6, 6.07) is 11.1. The predicted octanol–water partition coefficient (Wildman–Crippen LogP) is 1.65. The van der Waals surface area contributed by atoms with Crippen LogP contribution in [0.3, 0.4) is 0 Å². The van der Waals surface area contributed by atoms with Gasteiger partial charge in [0.1, 0.15) is 0 Å². The first-order chi connectivity index (χ1) is 8.66. The van der Waals surface area contributed by atoms with Crippen molar-refractivity contribution in [2.24, 2.45) is 5.73 Å². The van der Waals surface area contributed by atoms with Crippen LogP contribution in [0.15, 0.2) is 30.3 Å². The lowest BCUT2D eigenvalue weighted by Crippen LogP contribution is -2.47. The van der Waals surface area contributed by atoms with Gasteiger partial charge in [-0.2, -0.15) is 0 Å². The first-order valence-electron chi connectivity index (χ1n) is 6.42. The molecule has 0 aliphatic carbocycles. The number of hydrogen-bond donors (Lipinski definition) is 1. The highest BCUT2D eigenvalue weighted by molar-refractivity contribution is 7.80. The van der Waals surface area contributed by atoms with Gasteiger partial charge in [-0.1, -0.05) is 42.5 Å². The Morgan fingerprint density at radius 1 is 1.33 bits per heavy atom. The molecule has 0 bridgehead atoms. The third-order valence-electron chi connectivity index (χ3n) is 3.52. The van der Waals surface area contributed by atoms with E-state index in [0.29, 0.717) is 11.0 Å². The van der Waals surface area contributed by atoms with Gasteiger partial charge in [0, 0.05) is 38.6 Å². The Kier molecular flexibility index (Phi) is 4.69. The van der Waals surface area contributed by atoms with E-state index in [9.17, 15) is 0 Å². The summed E-state index contributed by atoms with van der Waals surface area (Å²) in [5.74, 6) is 0. The first-order valence-corrected chi connectivity index (χ1v) is 6.83. The van der Waals surface area contributed by atoms with Crippen molar-refractivity contribution in [2.75, 3.05) is 33.2 Å². The van der Waals surface area contributed by atoms with Crippen molar-refractivity contribution in [3.05, 3.63) is 35.9 Å². The van der Waals surface area contributed by atoms with E-state index in [2.05, 4.69) is 47.2 Å². The van der Waals surface area contributed by atoms with Crippen LogP contribution in [-0.4, -0.2) is 48.0 Å². The van der Waals surface area contributed by atoms with Crippen molar-refractivity contribution in [1.82, 2.24) is 9.80 Å². The molecule has 3 nitrogen and oxygen atoms in total. The minimum Gasteiger partial charge on any atom is -0.393 e. The molecule has 0 spiro atoms. The van der Waals surface area contributed by atoms with Crippen LogP contribution in [0, 0.1) is 0 Å². The molecule has 0 radical (unpaired) electrons. The molecule has 98 valence electrons. The number of piperazine rings is 1. The predicted molar refractivity (Wildman–Crippen MR) is 79.7 cm³/mol. The molecular formula is C14H21N3S. The molecule has 1 aromatic carbocycles. The molecule has 1 aliphatic heterocycles. The van der Waals surface area contributed by atoms with Gasteiger partial charge in [-0.15, -0.1) is 0 Å². The van der Waals surface area contributed by atoms with E-state index in [4.69, 9.17) is 18.0 Å². The molecular weight excluding hydrogens is 242 g/mol. The van der Waals surface area contributed by atoms with E-state index < -0.39 is 0 Å². The van der Waals surface area contributed by atoms with Gasteiger partial charge in [-0.3, -0.25) is 4.90 Å². The molecule has 1 unspecified atom stereocenters. The topological polar surface area (TPSA) is 32.5 Å². The molecule has 0 amide bonds. The first kappa shape index (κ1) is 13.5. The Labute approximate surface area is 115 Å². The van der Waals surface area contributed by atoms with Crippen LogP contribution in [0.2, 0.25) is 0 Å². The molecule has 1 saturated heterocycles. The zero-order valence-electron chi connectivity index (χ0n) is 10.9. The van der Waals surface area contributed by atoms with Crippen LogP contribution in [0.25, 0.3) is 0 Å². The number of thiocarbonyl (C=S) groups is 1. The fourth-order valence-electron chi connectivity index (χ4n) is 2.47. The number of rotatable bonds is 4. The normalized spacial score (nSPS) is 21.9. The molecule has 1 fully saturated rings. The second-order valence-electron chi connectivity index (χ2n) is 4.94. The van der Waals surface area contributed by atoms with E-state index in [1.807, 2.05) is 0 Å². The largest absolute Gasteiger partial charge is 0.393 e. The summed E-state index contributed by atoms with van der Waals surface area (Å²) in [5, 5.41) is 0. The molecule has 1 heterocycles. The smallest absolute Gasteiger partial charge is 0.0740 e. The van der Waals surface area contributed by atoms with Crippen LogP contribution in [0.5, 0.6) is 0 Å². The quantitative estimate of drug-likeness (QED) is 0.837. The SMILES string of the molecule is CN1CCN(CCC(N)=S)C(c2ccccc2)C1. The van der Waals surface area contributed by atoms with E-state index in [1.165, 1.54) is 5.56 Å². The molecule has 0 saturated carbocycles. The molecule has 2 rings (SSSR count). The molecule has 2 N–H and O–H groups in total. The van der Waals surface area contributed by atoms with Crippen LogP contribution in [-0.2, 0) is 0 Å². The van der Waals surface area contributed by atoms with E-state index in [0.717, 1.165) is 32.6 Å². The highest BCUT2D eigenvalue weighted by atomic mass is 32.1. The molecule has 1 aromatic rings. The standard InChI is InChI=1S/C14H21N3S/c1-16-9-10-17(8-7-14(15)18)13(11-16)12-5-3-2-4-6-12/h2-6,13H,7-11H2,1H3,(H2,15,18). The highest BCUT2D eigenvalue weighted by Crippen LogP contribution is 2.24. The van der Waals surface area contributed by atoms with Crippen molar-refractivity contribution in [3.63, 3.8) is 0 Å². The third kappa shape index (κ3) is 3.51. The summed E-state index contributed by atoms with van der Waals surface area (Å²) in [6.07, 6.45) is 0.808. The number of hydrogen-bond acceptors (Lipinski definition) is 3. The minimum atomic E-state index is 0.458. The fraction of sp³-hybridized carbons (Fsp3) is 0.500. The van der Waals surface area contributed by atoms with Crippen LogP contribution >= 0.6 is 12.2 Å². The van der Waals surface area contributed by atoms with Gasteiger partial charge in [0.2, 0.25) is 0 Å². The maximum absolute atomic E-state index is 5.62. The van der Waals surface area contributed by atoms with Gasteiger partial charge in [0.25, 0.3) is 0 Å². The molecule has 4 heteroatoms. The third-order valence-corrected chi connectivity index (χ3v) is 3.73. The van der Waals surface area contributed by atoms with Gasteiger partial charge in [0.15, 0.2) is 0 Å². The second-order valence-corrected chi connectivity index (χ2v) is 5.47. The summed E-state index contributed by atoms with van der Waals surface area (Å²) in [6.45, 7) is 4.23. The lowest BCUT2D eigenvalue weighted by molar-refractivity contribution is 0.0926. The van der Waals surface area contributed by atoms with E-state index in [-0.39, 0.29) is 0 Å². The summed E-state index contributed by atoms with van der Waals surface area (Å²) >= 11 is 4.98. The number of nitrogens with two attached hydrogens (primary N) is 1. The molecule has 1 atom stereocenters. The lowest BCUT2D eigenvalue weighted by atomic mass is 10.0. The average Bonchev–Trinajstić information content (AvgIpc) is 2.38. The van der Waals surface area contributed by atoms with Crippen LogP contribution in [0.1, 0.15) is 18.0 Å². The average molecular weight is 263 g/mol. The van der Waals surface area contributed by atoms with Crippen LogP contribution < -0.4 is 5.73 Å². The van der Waals surface area contributed by atoms with Crippen molar-refractivity contribution < 1.29 is 0 Å². The van der Waals surface area contributed by atoms with Gasteiger partial charge in [-0.05, 0) is 12.6 Å². The summed E-state index contributed by atoms with van der Waals surface area (Å²) in [5.41, 5.74) is 7.00. The van der Waals surface area contributed by atoms with Crippen molar-refractivity contribution in [2.45, 2.75) is 12.5 Å².